The number of carbonyl (C=O) groups is 2. The molecule has 0 radical (unpaired) electrons. The van der Waals surface area contributed by atoms with Gasteiger partial charge in [-0.25, -0.2) is 4.79 Å². The smallest absolute Gasteiger partial charge is 0.404 e. The minimum atomic E-state index is -0.784. The number of nitrogens with two attached hydrogens (primary N) is 2. The normalized spacial score (nSPS) is 11.2. The SMILES string of the molecule is CCCCCCCCCCCC(=O)O.NC(=O)OCC(N)Cc1ccccc1. The van der Waals surface area contributed by atoms with Crippen LogP contribution in [0.25, 0.3) is 0 Å². The lowest BCUT2D eigenvalue weighted by molar-refractivity contribution is -0.137. The molecule has 5 N–H and O–H groups in total. The predicted octanol–water partition coefficient (Wildman–Crippen LogP) is 4.64. The third-order valence-electron chi connectivity index (χ3n) is 4.27. The molecule has 0 saturated carbocycles. The quantitative estimate of drug-likeness (QED) is 0.397. The first-order valence-electron chi connectivity index (χ1n) is 10.4. The minimum absolute atomic E-state index is 0.157. The fourth-order valence-electron chi connectivity index (χ4n) is 2.75. The van der Waals surface area contributed by atoms with E-state index in [0.717, 1.165) is 18.4 Å². The second-order valence-electron chi connectivity index (χ2n) is 7.05. The van der Waals surface area contributed by atoms with Crippen molar-refractivity contribution in [2.24, 2.45) is 11.5 Å². The highest BCUT2D eigenvalue weighted by Gasteiger charge is 2.05. The average Bonchev–Trinajstić information content (AvgIpc) is 2.66. The number of hydrogen-bond acceptors (Lipinski definition) is 4. The summed E-state index contributed by atoms with van der Waals surface area (Å²) in [6.45, 7) is 2.39. The van der Waals surface area contributed by atoms with Gasteiger partial charge in [0.1, 0.15) is 6.61 Å². The molecule has 160 valence electrons. The van der Waals surface area contributed by atoms with Gasteiger partial charge in [0, 0.05) is 12.5 Å². The Bertz CT molecular complexity index is 509. The second kappa shape index (κ2) is 18.3. The molecule has 1 aromatic carbocycles. The lowest BCUT2D eigenvalue weighted by Crippen LogP contribution is -2.31. The van der Waals surface area contributed by atoms with E-state index >= 15 is 0 Å². The Kier molecular flexibility index (Phi) is 16.9. The summed E-state index contributed by atoms with van der Waals surface area (Å²) in [6.07, 6.45) is 11.4. The zero-order valence-corrected chi connectivity index (χ0v) is 17.3. The van der Waals surface area contributed by atoms with E-state index in [4.69, 9.17) is 16.6 Å². The molecule has 28 heavy (non-hydrogen) atoms. The molecule has 1 unspecified atom stereocenters. The van der Waals surface area contributed by atoms with Crippen LogP contribution in [0.3, 0.4) is 0 Å². The van der Waals surface area contributed by atoms with Crippen molar-refractivity contribution >= 4 is 12.1 Å². The van der Waals surface area contributed by atoms with Gasteiger partial charge in [0.15, 0.2) is 0 Å². The van der Waals surface area contributed by atoms with Crippen LogP contribution in [0.15, 0.2) is 30.3 Å². The lowest BCUT2D eigenvalue weighted by atomic mass is 10.1. The molecule has 6 heteroatoms. The topological polar surface area (TPSA) is 116 Å². The van der Waals surface area contributed by atoms with Crippen molar-refractivity contribution in [1.29, 1.82) is 0 Å². The molecule has 1 amide bonds. The van der Waals surface area contributed by atoms with Gasteiger partial charge >= 0.3 is 12.1 Å². The molecule has 1 rings (SSSR count). The van der Waals surface area contributed by atoms with Crippen LogP contribution in [0, 0.1) is 0 Å². The molecule has 0 aliphatic rings. The van der Waals surface area contributed by atoms with Gasteiger partial charge in [0.25, 0.3) is 0 Å². The first-order valence-corrected chi connectivity index (χ1v) is 10.4. The monoisotopic (exact) mass is 394 g/mol. The lowest BCUT2D eigenvalue weighted by Gasteiger charge is -2.10. The molecule has 1 aromatic rings. The van der Waals surface area contributed by atoms with Crippen molar-refractivity contribution in [1.82, 2.24) is 0 Å². The van der Waals surface area contributed by atoms with Gasteiger partial charge in [-0.2, -0.15) is 0 Å². The van der Waals surface area contributed by atoms with Crippen molar-refractivity contribution in [3.8, 4) is 0 Å². The summed E-state index contributed by atoms with van der Waals surface area (Å²) in [5.74, 6) is -0.659. The molecule has 1 atom stereocenters. The summed E-state index contributed by atoms with van der Waals surface area (Å²) in [5, 5.41) is 8.41. The van der Waals surface area contributed by atoms with Gasteiger partial charge in [-0.1, -0.05) is 88.6 Å². The standard InChI is InChI=1S/C12H24O2.C10H14N2O2/c1-2-3-4-5-6-7-8-9-10-11-12(13)14;11-9(7-14-10(12)13)6-8-4-2-1-3-5-8/h2-11H2,1H3,(H,13,14);1-5,9H,6-7,11H2,(H2,12,13). The summed E-state index contributed by atoms with van der Waals surface area (Å²) in [5.41, 5.74) is 11.7. The van der Waals surface area contributed by atoms with Crippen LogP contribution in [0.1, 0.15) is 76.7 Å². The largest absolute Gasteiger partial charge is 0.481 e. The number of carbonyl (C=O) groups excluding carboxylic acids is 1. The summed E-state index contributed by atoms with van der Waals surface area (Å²) in [7, 11) is 0. The molecule has 0 heterocycles. The summed E-state index contributed by atoms with van der Waals surface area (Å²) in [6, 6.07) is 9.57. The van der Waals surface area contributed by atoms with Crippen molar-refractivity contribution in [2.45, 2.75) is 83.6 Å². The summed E-state index contributed by atoms with van der Waals surface area (Å²) in [4.78, 5) is 20.5. The Morgan fingerprint density at radius 1 is 0.964 bits per heavy atom. The van der Waals surface area contributed by atoms with Crippen LogP contribution < -0.4 is 11.5 Å². The van der Waals surface area contributed by atoms with Crippen LogP contribution in [-0.2, 0) is 16.0 Å². The van der Waals surface area contributed by atoms with E-state index < -0.39 is 12.1 Å². The van der Waals surface area contributed by atoms with Gasteiger partial charge in [0.2, 0.25) is 0 Å². The third-order valence-corrected chi connectivity index (χ3v) is 4.27. The number of rotatable bonds is 14. The number of benzene rings is 1. The highest BCUT2D eigenvalue weighted by atomic mass is 16.5. The molecule has 0 aliphatic heterocycles. The van der Waals surface area contributed by atoms with Crippen molar-refractivity contribution in [3.63, 3.8) is 0 Å². The number of carboxylic acids is 1. The maximum atomic E-state index is 10.3. The molecule has 0 bridgehead atoms. The number of hydrogen-bond donors (Lipinski definition) is 3. The van der Waals surface area contributed by atoms with Crippen LogP contribution in [0.2, 0.25) is 0 Å². The first-order chi connectivity index (χ1) is 13.5. The van der Waals surface area contributed by atoms with E-state index in [9.17, 15) is 9.59 Å². The van der Waals surface area contributed by atoms with Gasteiger partial charge in [0.05, 0.1) is 0 Å². The van der Waals surface area contributed by atoms with E-state index in [-0.39, 0.29) is 12.6 Å². The highest BCUT2D eigenvalue weighted by Crippen LogP contribution is 2.10. The molecule has 6 nitrogen and oxygen atoms in total. The van der Waals surface area contributed by atoms with Gasteiger partial charge in [-0.05, 0) is 18.4 Å². The molecule has 0 aromatic heterocycles. The maximum absolute atomic E-state index is 10.3. The Hall–Kier alpha value is -2.08. The molecular formula is C22H38N2O4. The van der Waals surface area contributed by atoms with Gasteiger partial charge in [-0.3, -0.25) is 4.79 Å². The second-order valence-corrected chi connectivity index (χ2v) is 7.05. The number of ether oxygens (including phenoxy) is 1. The maximum Gasteiger partial charge on any atom is 0.404 e. The summed E-state index contributed by atoms with van der Waals surface area (Å²) >= 11 is 0. The van der Waals surface area contributed by atoms with Gasteiger partial charge in [-0.15, -0.1) is 0 Å². The summed E-state index contributed by atoms with van der Waals surface area (Å²) < 4.78 is 4.59. The fourth-order valence-corrected chi connectivity index (χ4v) is 2.75. The molecule has 0 fully saturated rings. The van der Waals surface area contributed by atoms with E-state index in [2.05, 4.69) is 11.7 Å². The van der Waals surface area contributed by atoms with E-state index in [1.54, 1.807) is 0 Å². The van der Waals surface area contributed by atoms with Crippen molar-refractivity contribution in [2.75, 3.05) is 6.61 Å². The highest BCUT2D eigenvalue weighted by molar-refractivity contribution is 5.66. The number of unbranched alkanes of at least 4 members (excludes halogenated alkanes) is 8. The molecule has 0 saturated heterocycles. The fraction of sp³-hybridized carbons (Fsp3) is 0.636. The van der Waals surface area contributed by atoms with Gasteiger partial charge < -0.3 is 21.3 Å². The number of amides is 1. The predicted molar refractivity (Wildman–Crippen MR) is 113 cm³/mol. The van der Waals surface area contributed by atoms with E-state index in [1.807, 2.05) is 30.3 Å². The third kappa shape index (κ3) is 18.7. The molecular weight excluding hydrogens is 356 g/mol. The van der Waals surface area contributed by atoms with Crippen LogP contribution >= 0.6 is 0 Å². The molecule has 0 aliphatic carbocycles. The Morgan fingerprint density at radius 2 is 1.50 bits per heavy atom. The first kappa shape index (κ1) is 25.9. The molecule has 0 spiro atoms. The minimum Gasteiger partial charge on any atom is -0.481 e. The zero-order valence-electron chi connectivity index (χ0n) is 17.3. The number of primary amides is 1. The Morgan fingerprint density at radius 3 is 2.00 bits per heavy atom. The van der Waals surface area contributed by atoms with Crippen molar-refractivity contribution < 1.29 is 19.4 Å². The zero-order chi connectivity index (χ0) is 21.0. The Labute approximate surface area is 169 Å². The number of aliphatic carboxylic acids is 1. The Balaban J connectivity index is 0.000000521. The van der Waals surface area contributed by atoms with Crippen LogP contribution in [0.5, 0.6) is 0 Å². The van der Waals surface area contributed by atoms with Crippen LogP contribution in [0.4, 0.5) is 4.79 Å². The van der Waals surface area contributed by atoms with Crippen LogP contribution in [-0.4, -0.2) is 29.8 Å². The van der Waals surface area contributed by atoms with E-state index in [0.29, 0.717) is 12.8 Å². The van der Waals surface area contributed by atoms with E-state index in [1.165, 1.54) is 44.9 Å². The number of carboxylic acid groups (broad SMARTS) is 1. The average molecular weight is 395 g/mol. The van der Waals surface area contributed by atoms with Crippen molar-refractivity contribution in [3.05, 3.63) is 35.9 Å².